The number of ketones is 2. The van der Waals surface area contributed by atoms with Gasteiger partial charge in [-0.25, -0.2) is 4.79 Å². The summed E-state index contributed by atoms with van der Waals surface area (Å²) in [6, 6.07) is 3.82. The van der Waals surface area contributed by atoms with Gasteiger partial charge in [0, 0.05) is 23.3 Å². The number of hydrogen-bond donors (Lipinski definition) is 5. The number of rotatable bonds is 4. The first kappa shape index (κ1) is 28.7. The number of benzene rings is 3. The molecule has 14 nitrogen and oxygen atoms in total. The topological polar surface area (TPSA) is 247 Å². The first-order valence-corrected chi connectivity index (χ1v) is 11.5. The molecule has 0 aliphatic rings. The number of hydrogen-bond acceptors (Lipinski definition) is 13. The Balaban J connectivity index is 0.00000129. The monoisotopic (exact) mass is 576 g/mol. The summed E-state index contributed by atoms with van der Waals surface area (Å²) in [5.74, 6) is -6.40. The molecular weight excluding hydrogens is 560 g/mol. The molecule has 0 aliphatic heterocycles. The van der Waals surface area contributed by atoms with Gasteiger partial charge in [-0.3, -0.25) is 19.2 Å². The van der Waals surface area contributed by atoms with Gasteiger partial charge in [-0.05, 0) is 26.0 Å². The molecule has 5 N–H and O–H groups in total. The third-order valence-corrected chi connectivity index (χ3v) is 6.29. The minimum absolute atomic E-state index is 0.166. The summed E-state index contributed by atoms with van der Waals surface area (Å²) in [4.78, 5) is 80.9. The smallest absolute Gasteiger partial charge is 0.373 e. The van der Waals surface area contributed by atoms with E-state index in [1.54, 1.807) is 0 Å². The highest BCUT2D eigenvalue weighted by Crippen LogP contribution is 2.39. The molecule has 0 radical (unpaired) electrons. The molecule has 5 rings (SSSR count). The average molecular weight is 576 g/mol. The van der Waals surface area contributed by atoms with Crippen molar-refractivity contribution in [1.82, 2.24) is 0 Å². The number of Topliss-reactive ketones (excluding diaryl/α,β-unsaturated/α-hetero) is 2. The molecule has 0 fully saturated rings. The third kappa shape index (κ3) is 4.39. The van der Waals surface area contributed by atoms with Crippen molar-refractivity contribution in [3.8, 4) is 34.1 Å². The van der Waals surface area contributed by atoms with Crippen LogP contribution >= 0.6 is 0 Å². The highest BCUT2D eigenvalue weighted by atomic mass is 16.4. The van der Waals surface area contributed by atoms with E-state index in [1.165, 1.54) is 0 Å². The number of phenolic OH excluding ortho intramolecular Hbond substituents is 3. The van der Waals surface area contributed by atoms with E-state index in [9.17, 15) is 49.5 Å². The second-order valence-corrected chi connectivity index (χ2v) is 8.79. The molecule has 42 heavy (non-hydrogen) atoms. The fourth-order valence-corrected chi connectivity index (χ4v) is 4.55. The molecule has 14 heteroatoms. The van der Waals surface area contributed by atoms with E-state index in [1.807, 2.05) is 0 Å². The SMILES string of the molecule is CC(=O)c1cc2c(=O)c3cc(O)c(O)cc3oc2c(C(C)=O)c1-c1coc2cc(O)c(O)c(C(=O)O)c2c1=O.O=C=O. The first-order valence-electron chi connectivity index (χ1n) is 11.5. The molecule has 0 amide bonds. The molecule has 0 spiro atoms. The van der Waals surface area contributed by atoms with Crippen LogP contribution in [0.25, 0.3) is 44.0 Å². The second kappa shape index (κ2) is 10.4. The Hall–Kier alpha value is -6.27. The summed E-state index contributed by atoms with van der Waals surface area (Å²) in [6.45, 7) is 2.19. The Kier molecular flexibility index (Phi) is 7.09. The van der Waals surface area contributed by atoms with E-state index in [-0.39, 0.29) is 39.2 Å². The third-order valence-electron chi connectivity index (χ3n) is 6.29. The number of carboxylic acid groups (broad SMARTS) is 1. The van der Waals surface area contributed by atoms with E-state index >= 15 is 0 Å². The maximum absolute atomic E-state index is 13.7. The molecule has 0 atom stereocenters. The lowest BCUT2D eigenvalue weighted by Gasteiger charge is -2.15. The van der Waals surface area contributed by atoms with Gasteiger partial charge in [0.05, 0.1) is 27.3 Å². The highest BCUT2D eigenvalue weighted by molar-refractivity contribution is 6.18. The summed E-state index contributed by atoms with van der Waals surface area (Å²) in [5, 5.41) is 48.3. The fraction of sp³-hybridized carbons (Fsp3) is 0.0714. The van der Waals surface area contributed by atoms with Crippen LogP contribution in [0.3, 0.4) is 0 Å². The summed E-state index contributed by atoms with van der Waals surface area (Å²) >= 11 is 0. The number of aromatic hydroxyl groups is 4. The van der Waals surface area contributed by atoms with Crippen molar-refractivity contribution in [3.05, 3.63) is 67.7 Å². The zero-order valence-corrected chi connectivity index (χ0v) is 21.3. The minimum atomic E-state index is -1.77. The Morgan fingerprint density at radius 1 is 0.762 bits per heavy atom. The largest absolute Gasteiger partial charge is 0.504 e. The van der Waals surface area contributed by atoms with Crippen LogP contribution in [0.4, 0.5) is 0 Å². The van der Waals surface area contributed by atoms with Crippen LogP contribution in [0.2, 0.25) is 0 Å². The van der Waals surface area contributed by atoms with Crippen molar-refractivity contribution >= 4 is 56.6 Å². The standard InChI is InChI=1S/C27H16O12.CO2/c1-8(28)10-3-12-23(33)11-4-14(30)15(31)5-17(11)39-26(12)19(9(2)29)20(10)13-7-38-18-6-16(32)25(35)22(27(36)37)21(18)24(13)34;2-1-3/h3-7,30-32,35H,1-2H3,(H,36,37);. The van der Waals surface area contributed by atoms with Crippen LogP contribution in [0, 0.1) is 0 Å². The number of carbonyl (C=O) groups is 3. The number of carbonyl (C=O) groups excluding carboxylic acids is 4. The minimum Gasteiger partial charge on any atom is -0.504 e. The second-order valence-electron chi connectivity index (χ2n) is 8.79. The lowest BCUT2D eigenvalue weighted by Crippen LogP contribution is -2.16. The maximum Gasteiger partial charge on any atom is 0.373 e. The van der Waals surface area contributed by atoms with Crippen molar-refractivity contribution in [2.75, 3.05) is 0 Å². The zero-order chi connectivity index (χ0) is 31.2. The Bertz CT molecular complexity index is 2180. The molecule has 0 bridgehead atoms. The average Bonchev–Trinajstić information content (AvgIpc) is 2.90. The normalized spacial score (nSPS) is 10.7. The maximum atomic E-state index is 13.7. The van der Waals surface area contributed by atoms with Gasteiger partial charge in [0.2, 0.25) is 10.9 Å². The van der Waals surface area contributed by atoms with Crippen LogP contribution in [0.5, 0.6) is 23.0 Å². The molecule has 0 unspecified atom stereocenters. The molecule has 2 aromatic heterocycles. The van der Waals surface area contributed by atoms with E-state index in [0.717, 1.165) is 44.4 Å². The lowest BCUT2D eigenvalue weighted by molar-refractivity contribution is -0.191. The molecular formula is C28H16O14. The quantitative estimate of drug-likeness (QED) is 0.117. The molecule has 0 saturated heterocycles. The van der Waals surface area contributed by atoms with Crippen LogP contribution in [0.15, 0.2) is 49.0 Å². The van der Waals surface area contributed by atoms with E-state index in [2.05, 4.69) is 0 Å². The Morgan fingerprint density at radius 2 is 1.36 bits per heavy atom. The van der Waals surface area contributed by atoms with Gasteiger partial charge < -0.3 is 34.4 Å². The highest BCUT2D eigenvalue weighted by Gasteiger charge is 2.29. The lowest BCUT2D eigenvalue weighted by atomic mass is 9.88. The summed E-state index contributed by atoms with van der Waals surface area (Å²) in [5.41, 5.74) is -5.23. The molecule has 0 saturated carbocycles. The first-order chi connectivity index (χ1) is 19.7. The van der Waals surface area contributed by atoms with Crippen molar-refractivity contribution in [1.29, 1.82) is 0 Å². The Labute approximate surface area is 230 Å². The summed E-state index contributed by atoms with van der Waals surface area (Å²) < 4.78 is 11.2. The number of carboxylic acids is 1. The van der Waals surface area contributed by atoms with Gasteiger partial charge in [0.15, 0.2) is 34.6 Å². The fourth-order valence-electron chi connectivity index (χ4n) is 4.55. The molecule has 5 aromatic rings. The molecule has 212 valence electrons. The van der Waals surface area contributed by atoms with Gasteiger partial charge in [0.1, 0.15) is 28.6 Å². The van der Waals surface area contributed by atoms with Gasteiger partial charge in [-0.15, -0.1) is 0 Å². The van der Waals surface area contributed by atoms with Crippen molar-refractivity contribution in [3.63, 3.8) is 0 Å². The number of phenols is 4. The van der Waals surface area contributed by atoms with Crippen LogP contribution in [0.1, 0.15) is 44.9 Å². The van der Waals surface area contributed by atoms with E-state index in [0.29, 0.717) is 0 Å². The zero-order valence-electron chi connectivity index (χ0n) is 21.3. The number of aromatic carboxylic acids is 1. The van der Waals surface area contributed by atoms with Crippen molar-refractivity contribution < 1.29 is 58.3 Å². The van der Waals surface area contributed by atoms with Crippen molar-refractivity contribution in [2.45, 2.75) is 13.8 Å². The van der Waals surface area contributed by atoms with Crippen LogP contribution < -0.4 is 10.9 Å². The van der Waals surface area contributed by atoms with Gasteiger partial charge in [-0.2, -0.15) is 9.59 Å². The van der Waals surface area contributed by atoms with Crippen molar-refractivity contribution in [2.24, 2.45) is 0 Å². The van der Waals surface area contributed by atoms with Crippen LogP contribution in [-0.2, 0) is 9.59 Å². The van der Waals surface area contributed by atoms with E-state index in [4.69, 9.17) is 18.4 Å². The molecule has 3 aromatic carbocycles. The van der Waals surface area contributed by atoms with Gasteiger partial charge >= 0.3 is 12.1 Å². The van der Waals surface area contributed by atoms with Crippen LogP contribution in [-0.4, -0.2) is 49.2 Å². The number of fused-ring (bicyclic) bond motifs is 3. The summed E-state index contributed by atoms with van der Waals surface area (Å²) in [6.07, 6.45) is 1.09. The predicted octanol–water partition coefficient (Wildman–Crippen LogP) is 3.06. The van der Waals surface area contributed by atoms with E-state index < -0.39 is 79.1 Å². The Morgan fingerprint density at radius 3 is 1.93 bits per heavy atom. The summed E-state index contributed by atoms with van der Waals surface area (Å²) in [7, 11) is 0. The van der Waals surface area contributed by atoms with Gasteiger partial charge in [-0.1, -0.05) is 0 Å². The molecule has 0 aliphatic carbocycles. The van der Waals surface area contributed by atoms with Gasteiger partial charge in [0.25, 0.3) is 0 Å². The molecule has 2 heterocycles. The predicted molar refractivity (Wildman–Crippen MR) is 140 cm³/mol.